The topological polar surface area (TPSA) is 49.4 Å². The van der Waals surface area contributed by atoms with Crippen LogP contribution in [0.5, 0.6) is 0 Å². The van der Waals surface area contributed by atoms with Gasteiger partial charge in [0.2, 0.25) is 11.8 Å². The van der Waals surface area contributed by atoms with Crippen molar-refractivity contribution in [3.63, 3.8) is 0 Å². The van der Waals surface area contributed by atoms with Crippen molar-refractivity contribution in [3.05, 3.63) is 34.9 Å². The van der Waals surface area contributed by atoms with Crippen molar-refractivity contribution in [1.82, 2.24) is 10.2 Å². The molecule has 0 aliphatic carbocycles. The lowest BCUT2D eigenvalue weighted by atomic mass is 10.0. The van der Waals surface area contributed by atoms with Crippen LogP contribution in [-0.2, 0) is 16.0 Å². The summed E-state index contributed by atoms with van der Waals surface area (Å²) >= 11 is 5.85. The monoisotopic (exact) mass is 322 g/mol. The van der Waals surface area contributed by atoms with Crippen LogP contribution < -0.4 is 5.32 Å². The van der Waals surface area contributed by atoms with E-state index in [1.165, 1.54) is 12.5 Å². The number of piperidine rings is 1. The van der Waals surface area contributed by atoms with Gasteiger partial charge in [0.15, 0.2) is 0 Å². The van der Waals surface area contributed by atoms with E-state index in [9.17, 15) is 9.59 Å². The minimum absolute atomic E-state index is 0.00717. The summed E-state index contributed by atoms with van der Waals surface area (Å²) in [5.74, 6) is 0.225. The van der Waals surface area contributed by atoms with E-state index in [1.54, 1.807) is 0 Å². The number of carbonyl (C=O) groups excluding carboxylic acids is 2. The normalized spacial score (nSPS) is 15.6. The van der Waals surface area contributed by atoms with E-state index in [1.807, 2.05) is 29.2 Å². The lowest BCUT2D eigenvalue weighted by Crippen LogP contribution is -2.46. The van der Waals surface area contributed by atoms with E-state index in [2.05, 4.69) is 5.32 Å². The largest absolute Gasteiger partial charge is 0.353 e. The van der Waals surface area contributed by atoms with Crippen LogP contribution in [0.3, 0.4) is 0 Å². The minimum atomic E-state index is 0.00717. The summed E-state index contributed by atoms with van der Waals surface area (Å²) in [6, 6.07) is 7.99. The van der Waals surface area contributed by atoms with E-state index in [0.29, 0.717) is 6.42 Å². The molecular formula is C17H23ClN2O2. The van der Waals surface area contributed by atoms with Crippen molar-refractivity contribution in [3.8, 4) is 0 Å². The number of hydrogen-bond acceptors (Lipinski definition) is 2. The zero-order chi connectivity index (χ0) is 15.9. The zero-order valence-electron chi connectivity index (χ0n) is 13.0. The van der Waals surface area contributed by atoms with E-state index in [4.69, 9.17) is 11.6 Å². The second-order valence-electron chi connectivity index (χ2n) is 5.84. The highest BCUT2D eigenvalue weighted by atomic mass is 35.5. The van der Waals surface area contributed by atoms with Gasteiger partial charge < -0.3 is 10.2 Å². The van der Waals surface area contributed by atoms with Crippen LogP contribution in [0.4, 0.5) is 0 Å². The quantitative estimate of drug-likeness (QED) is 0.906. The average molecular weight is 323 g/mol. The van der Waals surface area contributed by atoms with Crippen LogP contribution in [0.25, 0.3) is 0 Å². The molecular weight excluding hydrogens is 300 g/mol. The molecule has 0 spiro atoms. The molecule has 0 radical (unpaired) electrons. The van der Waals surface area contributed by atoms with Crippen LogP contribution in [0.15, 0.2) is 24.3 Å². The number of hydrogen-bond donors (Lipinski definition) is 1. The molecule has 0 atom stereocenters. The molecule has 1 fully saturated rings. The predicted molar refractivity (Wildman–Crippen MR) is 87.8 cm³/mol. The predicted octanol–water partition coefficient (Wildman–Crippen LogP) is 2.79. The van der Waals surface area contributed by atoms with Crippen LogP contribution in [0.2, 0.25) is 5.02 Å². The Bertz CT molecular complexity index is 508. The molecule has 1 saturated heterocycles. The molecule has 2 amide bonds. The van der Waals surface area contributed by atoms with E-state index in [0.717, 1.165) is 43.8 Å². The molecule has 120 valence electrons. The van der Waals surface area contributed by atoms with Gasteiger partial charge in [-0.25, -0.2) is 0 Å². The molecule has 0 saturated carbocycles. The molecule has 0 unspecified atom stereocenters. The molecule has 1 aromatic carbocycles. The molecule has 1 N–H and O–H groups in total. The third kappa shape index (κ3) is 5.34. The molecule has 1 heterocycles. The fourth-order valence-corrected chi connectivity index (χ4v) is 2.94. The second kappa shape index (κ2) is 8.18. The van der Waals surface area contributed by atoms with Crippen LogP contribution in [0, 0.1) is 0 Å². The average Bonchev–Trinajstić information content (AvgIpc) is 2.49. The summed E-state index contributed by atoms with van der Waals surface area (Å²) in [4.78, 5) is 25.1. The Labute approximate surface area is 136 Å². The fourth-order valence-electron chi connectivity index (χ4n) is 2.81. The standard InChI is InChI=1S/C17H23ClN2O2/c1-13(21)19-16-9-11-20(12-10-16)17(22)4-2-3-14-5-7-15(18)8-6-14/h5-8,16H,2-4,9-12H2,1H3,(H,19,21). The molecule has 1 aliphatic heterocycles. The summed E-state index contributed by atoms with van der Waals surface area (Å²) in [6.07, 6.45) is 4.02. The van der Waals surface area contributed by atoms with Gasteiger partial charge in [0, 0.05) is 37.5 Å². The molecule has 1 aliphatic rings. The van der Waals surface area contributed by atoms with Gasteiger partial charge in [-0.2, -0.15) is 0 Å². The zero-order valence-corrected chi connectivity index (χ0v) is 13.7. The maximum absolute atomic E-state index is 12.2. The first kappa shape index (κ1) is 16.8. The molecule has 0 aromatic heterocycles. The Morgan fingerprint density at radius 2 is 1.86 bits per heavy atom. The summed E-state index contributed by atoms with van der Waals surface area (Å²) in [5.41, 5.74) is 1.21. The Hall–Kier alpha value is -1.55. The van der Waals surface area contributed by atoms with Crippen LogP contribution in [0.1, 0.15) is 38.2 Å². The van der Waals surface area contributed by atoms with Gasteiger partial charge in [-0.1, -0.05) is 23.7 Å². The van der Waals surface area contributed by atoms with Crippen molar-refractivity contribution in [2.75, 3.05) is 13.1 Å². The van der Waals surface area contributed by atoms with Gasteiger partial charge in [0.05, 0.1) is 0 Å². The molecule has 2 rings (SSSR count). The first-order valence-electron chi connectivity index (χ1n) is 7.84. The van der Waals surface area contributed by atoms with Gasteiger partial charge in [-0.15, -0.1) is 0 Å². The Morgan fingerprint density at radius 3 is 2.45 bits per heavy atom. The number of rotatable bonds is 5. The van der Waals surface area contributed by atoms with Gasteiger partial charge in [0.1, 0.15) is 0 Å². The number of likely N-dealkylation sites (tertiary alicyclic amines) is 1. The maximum Gasteiger partial charge on any atom is 0.222 e. The minimum Gasteiger partial charge on any atom is -0.353 e. The van der Waals surface area contributed by atoms with E-state index in [-0.39, 0.29) is 17.9 Å². The van der Waals surface area contributed by atoms with Gasteiger partial charge >= 0.3 is 0 Å². The molecule has 0 bridgehead atoms. The number of halogens is 1. The van der Waals surface area contributed by atoms with E-state index >= 15 is 0 Å². The maximum atomic E-state index is 12.2. The molecule has 1 aromatic rings. The van der Waals surface area contributed by atoms with Crippen molar-refractivity contribution in [1.29, 1.82) is 0 Å². The Morgan fingerprint density at radius 1 is 1.23 bits per heavy atom. The summed E-state index contributed by atoms with van der Waals surface area (Å²) in [7, 11) is 0. The SMILES string of the molecule is CC(=O)NC1CCN(C(=O)CCCc2ccc(Cl)cc2)CC1. The Kier molecular flexibility index (Phi) is 6.25. The lowest BCUT2D eigenvalue weighted by Gasteiger charge is -2.32. The Balaban J connectivity index is 1.68. The summed E-state index contributed by atoms with van der Waals surface area (Å²) < 4.78 is 0. The number of benzene rings is 1. The first-order chi connectivity index (χ1) is 10.5. The highest BCUT2D eigenvalue weighted by Gasteiger charge is 2.22. The van der Waals surface area contributed by atoms with Crippen LogP contribution >= 0.6 is 11.6 Å². The fraction of sp³-hybridized carbons (Fsp3) is 0.529. The number of amides is 2. The second-order valence-corrected chi connectivity index (χ2v) is 6.27. The third-order valence-electron chi connectivity index (χ3n) is 4.02. The third-order valence-corrected chi connectivity index (χ3v) is 4.28. The van der Waals surface area contributed by atoms with Crippen molar-refractivity contribution in [2.24, 2.45) is 0 Å². The number of nitrogens with zero attached hydrogens (tertiary/aromatic N) is 1. The summed E-state index contributed by atoms with van der Waals surface area (Å²) in [5, 5.41) is 3.66. The van der Waals surface area contributed by atoms with E-state index < -0.39 is 0 Å². The molecule has 5 heteroatoms. The molecule has 22 heavy (non-hydrogen) atoms. The van der Waals surface area contributed by atoms with Crippen molar-refractivity contribution < 1.29 is 9.59 Å². The first-order valence-corrected chi connectivity index (χ1v) is 8.21. The van der Waals surface area contributed by atoms with Crippen molar-refractivity contribution in [2.45, 2.75) is 45.1 Å². The smallest absolute Gasteiger partial charge is 0.222 e. The van der Waals surface area contributed by atoms with Crippen molar-refractivity contribution >= 4 is 23.4 Å². The number of nitrogens with one attached hydrogen (secondary N) is 1. The lowest BCUT2D eigenvalue weighted by molar-refractivity contribution is -0.132. The highest BCUT2D eigenvalue weighted by Crippen LogP contribution is 2.14. The summed E-state index contributed by atoms with van der Waals surface area (Å²) in [6.45, 7) is 3.02. The van der Waals surface area contributed by atoms with Gasteiger partial charge in [-0.05, 0) is 43.4 Å². The van der Waals surface area contributed by atoms with Gasteiger partial charge in [-0.3, -0.25) is 9.59 Å². The number of aryl methyl sites for hydroxylation is 1. The van der Waals surface area contributed by atoms with Gasteiger partial charge in [0.25, 0.3) is 0 Å². The van der Waals surface area contributed by atoms with Crippen LogP contribution in [-0.4, -0.2) is 35.8 Å². The molecule has 4 nitrogen and oxygen atoms in total. The number of carbonyl (C=O) groups is 2. The highest BCUT2D eigenvalue weighted by molar-refractivity contribution is 6.30.